The normalized spacial score (nSPS) is 20.1. The lowest BCUT2D eigenvalue weighted by Gasteiger charge is -2.33. The molecule has 2 fully saturated rings. The number of pyridine rings is 1. The molecule has 0 radical (unpaired) electrons. The van der Waals surface area contributed by atoms with E-state index in [1.54, 1.807) is 6.20 Å². The van der Waals surface area contributed by atoms with Crippen LogP contribution in [0.2, 0.25) is 0 Å². The maximum atomic E-state index is 9.33. The van der Waals surface area contributed by atoms with Gasteiger partial charge in [-0.15, -0.1) is 0 Å². The molecule has 6 heteroatoms. The number of hydrogen-bond acceptors (Lipinski definition) is 5. The van der Waals surface area contributed by atoms with Crippen LogP contribution in [-0.4, -0.2) is 42.0 Å². The van der Waals surface area contributed by atoms with E-state index in [0.717, 1.165) is 57.1 Å². The summed E-state index contributed by atoms with van der Waals surface area (Å²) in [5.41, 5.74) is 1.84. The Balaban J connectivity index is 1.29. The highest BCUT2D eigenvalue weighted by molar-refractivity contribution is 5.86. The van der Waals surface area contributed by atoms with E-state index in [1.165, 1.54) is 10.9 Å². The number of rotatable bonds is 4. The summed E-state index contributed by atoms with van der Waals surface area (Å²) in [6.07, 6.45) is 6.96. The number of anilines is 1. The van der Waals surface area contributed by atoms with E-state index < -0.39 is 0 Å². The number of nitrogens with zero attached hydrogens (tertiary/aromatic N) is 4. The van der Waals surface area contributed by atoms with Gasteiger partial charge in [0.25, 0.3) is 0 Å². The van der Waals surface area contributed by atoms with Crippen LogP contribution in [0.5, 0.6) is 5.75 Å². The van der Waals surface area contributed by atoms with Crippen molar-refractivity contribution < 1.29 is 9.47 Å². The largest absolute Gasteiger partial charge is 0.490 e. The third-order valence-electron chi connectivity index (χ3n) is 5.96. The molecule has 1 unspecified atom stereocenters. The Morgan fingerprint density at radius 2 is 2.00 bits per heavy atom. The minimum Gasteiger partial charge on any atom is -0.490 e. The molecule has 148 valence electrons. The molecule has 4 heterocycles. The van der Waals surface area contributed by atoms with Crippen LogP contribution >= 0.6 is 0 Å². The fraction of sp³-hybridized carbons (Fsp3) is 0.391. The first kappa shape index (κ1) is 18.0. The van der Waals surface area contributed by atoms with E-state index in [9.17, 15) is 5.26 Å². The van der Waals surface area contributed by atoms with Crippen LogP contribution in [-0.2, 0) is 4.74 Å². The van der Waals surface area contributed by atoms with Gasteiger partial charge >= 0.3 is 0 Å². The molecule has 2 aliphatic heterocycles. The zero-order valence-electron chi connectivity index (χ0n) is 16.3. The molecule has 1 aromatic carbocycles. The van der Waals surface area contributed by atoms with Gasteiger partial charge in [0.15, 0.2) is 0 Å². The number of piperidine rings is 1. The Morgan fingerprint density at radius 1 is 1.10 bits per heavy atom. The maximum Gasteiger partial charge on any atom is 0.146 e. The first-order chi connectivity index (χ1) is 14.3. The van der Waals surface area contributed by atoms with Gasteiger partial charge in [-0.2, -0.15) is 5.26 Å². The standard InChI is InChI=1S/C23H24N4O2/c24-15-17-3-2-10-25-23(17)26-11-6-19(7-12-26)29-22-5-1-4-21-20(22)8-13-27(21)18-9-14-28-16-18/h1-5,8,10,13,18-19H,6-7,9,11-12,14,16H2. The smallest absolute Gasteiger partial charge is 0.146 e. The average Bonchev–Trinajstić information content (AvgIpc) is 3.44. The second kappa shape index (κ2) is 7.76. The second-order valence-corrected chi connectivity index (χ2v) is 7.72. The van der Waals surface area contributed by atoms with Gasteiger partial charge in [-0.05, 0) is 36.8 Å². The van der Waals surface area contributed by atoms with Gasteiger partial charge in [0, 0.05) is 50.3 Å². The molecule has 0 saturated carbocycles. The average molecular weight is 388 g/mol. The molecule has 0 bridgehead atoms. The SMILES string of the molecule is N#Cc1cccnc1N1CCC(Oc2cccc3c2ccn3C2CCOC2)CC1. The fourth-order valence-electron chi connectivity index (χ4n) is 4.42. The van der Waals surface area contributed by atoms with E-state index in [1.807, 2.05) is 12.1 Å². The summed E-state index contributed by atoms with van der Waals surface area (Å²) in [4.78, 5) is 6.60. The van der Waals surface area contributed by atoms with Crippen molar-refractivity contribution in [2.24, 2.45) is 0 Å². The van der Waals surface area contributed by atoms with Crippen molar-refractivity contribution in [3.63, 3.8) is 0 Å². The van der Waals surface area contributed by atoms with Gasteiger partial charge in [-0.25, -0.2) is 4.98 Å². The van der Waals surface area contributed by atoms with Crippen LogP contribution in [0, 0.1) is 11.3 Å². The summed E-state index contributed by atoms with van der Waals surface area (Å²) in [5.74, 6) is 1.74. The number of nitriles is 1. The molecule has 0 aliphatic carbocycles. The fourth-order valence-corrected chi connectivity index (χ4v) is 4.42. The highest BCUT2D eigenvalue weighted by Gasteiger charge is 2.24. The van der Waals surface area contributed by atoms with Gasteiger partial charge in [-0.1, -0.05) is 6.07 Å². The van der Waals surface area contributed by atoms with Crippen molar-refractivity contribution in [2.45, 2.75) is 31.4 Å². The lowest BCUT2D eigenvalue weighted by Crippen LogP contribution is -2.39. The Morgan fingerprint density at radius 3 is 2.79 bits per heavy atom. The van der Waals surface area contributed by atoms with Crippen LogP contribution < -0.4 is 9.64 Å². The van der Waals surface area contributed by atoms with Crippen molar-refractivity contribution in [3.8, 4) is 11.8 Å². The summed E-state index contributed by atoms with van der Waals surface area (Å²) >= 11 is 0. The predicted molar refractivity (Wildman–Crippen MR) is 111 cm³/mol. The molecular weight excluding hydrogens is 364 g/mol. The Kier molecular flexibility index (Phi) is 4.82. The summed E-state index contributed by atoms with van der Waals surface area (Å²) in [6.45, 7) is 3.30. The summed E-state index contributed by atoms with van der Waals surface area (Å²) in [7, 11) is 0. The topological polar surface area (TPSA) is 63.3 Å². The molecule has 0 amide bonds. The minimum absolute atomic E-state index is 0.171. The lowest BCUT2D eigenvalue weighted by atomic mass is 10.1. The monoisotopic (exact) mass is 388 g/mol. The van der Waals surface area contributed by atoms with Gasteiger partial charge in [0.2, 0.25) is 0 Å². The summed E-state index contributed by atoms with van der Waals surface area (Å²) in [5, 5.41) is 10.5. The van der Waals surface area contributed by atoms with Crippen LogP contribution in [0.15, 0.2) is 48.8 Å². The van der Waals surface area contributed by atoms with Gasteiger partial charge in [0.1, 0.15) is 23.7 Å². The van der Waals surface area contributed by atoms with Crippen LogP contribution in [0.3, 0.4) is 0 Å². The number of ether oxygens (including phenoxy) is 2. The Hall–Kier alpha value is -3.04. The van der Waals surface area contributed by atoms with E-state index in [2.05, 4.69) is 51.0 Å². The molecule has 3 aromatic rings. The van der Waals surface area contributed by atoms with Crippen molar-refractivity contribution >= 4 is 16.7 Å². The lowest BCUT2D eigenvalue weighted by molar-refractivity contribution is 0.173. The maximum absolute atomic E-state index is 9.33. The van der Waals surface area contributed by atoms with E-state index in [-0.39, 0.29) is 6.10 Å². The van der Waals surface area contributed by atoms with Crippen molar-refractivity contribution in [3.05, 3.63) is 54.4 Å². The molecule has 29 heavy (non-hydrogen) atoms. The number of hydrogen-bond donors (Lipinski definition) is 0. The molecule has 2 aliphatic rings. The van der Waals surface area contributed by atoms with Gasteiger partial charge in [-0.3, -0.25) is 0 Å². The van der Waals surface area contributed by atoms with Gasteiger partial charge in [0.05, 0.1) is 23.7 Å². The number of benzene rings is 1. The van der Waals surface area contributed by atoms with Crippen molar-refractivity contribution in [1.82, 2.24) is 9.55 Å². The highest BCUT2D eigenvalue weighted by Crippen LogP contribution is 2.33. The quantitative estimate of drug-likeness (QED) is 0.678. The zero-order valence-corrected chi connectivity index (χ0v) is 16.3. The molecular formula is C23H24N4O2. The Bertz CT molecular complexity index is 1040. The van der Waals surface area contributed by atoms with E-state index in [0.29, 0.717) is 11.6 Å². The van der Waals surface area contributed by atoms with Crippen LogP contribution in [0.1, 0.15) is 30.9 Å². The molecule has 5 rings (SSSR count). The molecule has 0 N–H and O–H groups in total. The van der Waals surface area contributed by atoms with E-state index >= 15 is 0 Å². The van der Waals surface area contributed by atoms with Crippen molar-refractivity contribution in [2.75, 3.05) is 31.2 Å². The third-order valence-corrected chi connectivity index (χ3v) is 5.96. The van der Waals surface area contributed by atoms with Crippen LogP contribution in [0.4, 0.5) is 5.82 Å². The van der Waals surface area contributed by atoms with Crippen LogP contribution in [0.25, 0.3) is 10.9 Å². The first-order valence-corrected chi connectivity index (χ1v) is 10.3. The van der Waals surface area contributed by atoms with Gasteiger partial charge < -0.3 is 18.9 Å². The highest BCUT2D eigenvalue weighted by atomic mass is 16.5. The Labute approximate surface area is 170 Å². The number of fused-ring (bicyclic) bond motifs is 1. The van der Waals surface area contributed by atoms with E-state index in [4.69, 9.17) is 9.47 Å². The molecule has 2 aromatic heterocycles. The predicted octanol–water partition coefficient (Wildman–Crippen LogP) is 3.92. The molecule has 2 saturated heterocycles. The van der Waals surface area contributed by atoms with Crippen molar-refractivity contribution in [1.29, 1.82) is 5.26 Å². The summed E-state index contributed by atoms with van der Waals surface area (Å²) in [6, 6.07) is 14.8. The number of aromatic nitrogens is 2. The molecule has 6 nitrogen and oxygen atoms in total. The second-order valence-electron chi connectivity index (χ2n) is 7.72. The minimum atomic E-state index is 0.171. The molecule has 1 atom stereocenters. The summed E-state index contributed by atoms with van der Waals surface area (Å²) < 4.78 is 14.3. The zero-order chi connectivity index (χ0) is 19.6. The third kappa shape index (κ3) is 3.43. The molecule has 0 spiro atoms. The first-order valence-electron chi connectivity index (χ1n) is 10.3.